The lowest BCUT2D eigenvalue weighted by Gasteiger charge is -2.40. The van der Waals surface area contributed by atoms with E-state index in [0.29, 0.717) is 12.6 Å². The molecule has 3 aliphatic heterocycles. The second kappa shape index (κ2) is 5.60. The van der Waals surface area contributed by atoms with Crippen LogP contribution in [0.25, 0.3) is 0 Å². The molecule has 0 aliphatic carbocycles. The van der Waals surface area contributed by atoms with Gasteiger partial charge in [-0.15, -0.1) is 0 Å². The fourth-order valence-electron chi connectivity index (χ4n) is 3.85. The minimum absolute atomic E-state index is 0.0558. The number of hydrogen-bond acceptors (Lipinski definition) is 3. The Bertz CT molecular complexity index is 401. The normalized spacial score (nSPS) is 30.6. The minimum atomic E-state index is -0.810. The molecule has 1 N–H and O–H groups in total. The van der Waals surface area contributed by atoms with Crippen molar-refractivity contribution in [2.24, 2.45) is 0 Å². The molecule has 20 heavy (non-hydrogen) atoms. The number of nitrogens with zero attached hydrogens (tertiary/aromatic N) is 3. The first-order chi connectivity index (χ1) is 9.65. The average Bonchev–Trinajstić information content (AvgIpc) is 3.04. The highest BCUT2D eigenvalue weighted by Crippen LogP contribution is 2.25. The number of amides is 2. The van der Waals surface area contributed by atoms with Gasteiger partial charge in [0, 0.05) is 38.3 Å². The molecule has 0 aromatic heterocycles. The zero-order valence-electron chi connectivity index (χ0n) is 11.8. The van der Waals surface area contributed by atoms with Crippen LogP contribution in [0, 0.1) is 0 Å². The number of carbonyl (C=O) groups is 2. The number of carboxylic acids is 1. The van der Waals surface area contributed by atoms with Gasteiger partial charge < -0.3 is 14.9 Å². The van der Waals surface area contributed by atoms with E-state index in [1.54, 1.807) is 4.90 Å². The van der Waals surface area contributed by atoms with Gasteiger partial charge >= 0.3 is 12.0 Å². The lowest BCUT2D eigenvalue weighted by atomic mass is 10.1. The molecular formula is C14H23N3O3. The molecule has 2 atom stereocenters. The SMILES string of the molecule is O=C(O)CC1CCCN1C(=O)N1CCN2CCCC2C1. The van der Waals surface area contributed by atoms with Gasteiger partial charge in [0.1, 0.15) is 0 Å². The molecule has 2 amide bonds. The van der Waals surface area contributed by atoms with E-state index in [-0.39, 0.29) is 18.5 Å². The van der Waals surface area contributed by atoms with Gasteiger partial charge in [0.2, 0.25) is 0 Å². The number of fused-ring (bicyclic) bond motifs is 1. The number of likely N-dealkylation sites (tertiary alicyclic amines) is 1. The zero-order chi connectivity index (χ0) is 14.1. The zero-order valence-corrected chi connectivity index (χ0v) is 11.8. The number of carbonyl (C=O) groups excluding carboxylic acids is 1. The Morgan fingerprint density at radius 1 is 1.05 bits per heavy atom. The Kier molecular flexibility index (Phi) is 3.83. The van der Waals surface area contributed by atoms with Crippen LogP contribution >= 0.6 is 0 Å². The van der Waals surface area contributed by atoms with E-state index in [0.717, 1.165) is 39.0 Å². The van der Waals surface area contributed by atoms with E-state index in [2.05, 4.69) is 4.90 Å². The Balaban J connectivity index is 1.61. The van der Waals surface area contributed by atoms with Crippen molar-refractivity contribution in [1.82, 2.24) is 14.7 Å². The van der Waals surface area contributed by atoms with E-state index in [4.69, 9.17) is 5.11 Å². The minimum Gasteiger partial charge on any atom is -0.481 e. The van der Waals surface area contributed by atoms with Crippen molar-refractivity contribution < 1.29 is 14.7 Å². The molecule has 3 heterocycles. The summed E-state index contributed by atoms with van der Waals surface area (Å²) in [5.74, 6) is -0.810. The number of aliphatic carboxylic acids is 1. The van der Waals surface area contributed by atoms with Crippen LogP contribution in [0.1, 0.15) is 32.1 Å². The van der Waals surface area contributed by atoms with Crippen molar-refractivity contribution in [2.75, 3.05) is 32.7 Å². The third-order valence-corrected chi connectivity index (χ3v) is 4.89. The summed E-state index contributed by atoms with van der Waals surface area (Å²) in [7, 11) is 0. The van der Waals surface area contributed by atoms with Crippen molar-refractivity contribution in [3.8, 4) is 0 Å². The molecule has 112 valence electrons. The quantitative estimate of drug-likeness (QED) is 0.814. The van der Waals surface area contributed by atoms with Crippen molar-refractivity contribution >= 4 is 12.0 Å². The number of urea groups is 1. The standard InChI is InChI=1S/C14H23N3O3/c18-13(19)9-11-3-2-6-17(11)14(20)16-8-7-15-5-1-4-12(15)10-16/h11-12H,1-10H2,(H,18,19). The molecule has 3 saturated heterocycles. The summed E-state index contributed by atoms with van der Waals surface area (Å²) >= 11 is 0. The third kappa shape index (κ3) is 2.61. The molecule has 0 spiro atoms. The molecular weight excluding hydrogens is 258 g/mol. The van der Waals surface area contributed by atoms with Gasteiger partial charge in [-0.3, -0.25) is 9.69 Å². The van der Waals surface area contributed by atoms with E-state index in [1.807, 2.05) is 4.90 Å². The first-order valence-electron chi connectivity index (χ1n) is 7.66. The summed E-state index contributed by atoms with van der Waals surface area (Å²) < 4.78 is 0. The molecule has 0 bridgehead atoms. The first-order valence-corrected chi connectivity index (χ1v) is 7.66. The topological polar surface area (TPSA) is 64.1 Å². The monoisotopic (exact) mass is 281 g/mol. The average molecular weight is 281 g/mol. The lowest BCUT2D eigenvalue weighted by molar-refractivity contribution is -0.138. The van der Waals surface area contributed by atoms with Crippen LogP contribution in [-0.4, -0.2) is 76.6 Å². The maximum Gasteiger partial charge on any atom is 0.320 e. The maximum atomic E-state index is 12.6. The third-order valence-electron chi connectivity index (χ3n) is 4.89. The van der Waals surface area contributed by atoms with E-state index in [9.17, 15) is 9.59 Å². The van der Waals surface area contributed by atoms with Gasteiger partial charge in [-0.25, -0.2) is 4.79 Å². The lowest BCUT2D eigenvalue weighted by Crippen LogP contribution is -2.56. The van der Waals surface area contributed by atoms with Gasteiger partial charge in [0.15, 0.2) is 0 Å². The molecule has 3 fully saturated rings. The van der Waals surface area contributed by atoms with Crippen LogP contribution in [0.3, 0.4) is 0 Å². The second-order valence-electron chi connectivity index (χ2n) is 6.15. The largest absolute Gasteiger partial charge is 0.481 e. The fourth-order valence-corrected chi connectivity index (χ4v) is 3.85. The van der Waals surface area contributed by atoms with Crippen LogP contribution in [-0.2, 0) is 4.79 Å². The fraction of sp³-hybridized carbons (Fsp3) is 0.857. The number of piperazine rings is 1. The van der Waals surface area contributed by atoms with E-state index < -0.39 is 5.97 Å². The van der Waals surface area contributed by atoms with Crippen molar-refractivity contribution in [3.05, 3.63) is 0 Å². The van der Waals surface area contributed by atoms with Crippen LogP contribution in [0.5, 0.6) is 0 Å². The predicted octanol–water partition coefficient (Wildman–Crippen LogP) is 0.826. The summed E-state index contributed by atoms with van der Waals surface area (Å²) in [6, 6.07) is 0.468. The Labute approximate surface area is 119 Å². The van der Waals surface area contributed by atoms with Gasteiger partial charge in [-0.05, 0) is 32.2 Å². The summed E-state index contributed by atoms with van der Waals surface area (Å²) in [6.45, 7) is 4.44. The summed E-state index contributed by atoms with van der Waals surface area (Å²) in [5, 5.41) is 8.95. The van der Waals surface area contributed by atoms with Gasteiger partial charge in [-0.1, -0.05) is 0 Å². The van der Waals surface area contributed by atoms with Crippen LogP contribution in [0.4, 0.5) is 4.79 Å². The van der Waals surface area contributed by atoms with Crippen LogP contribution in [0.15, 0.2) is 0 Å². The number of hydrogen-bond donors (Lipinski definition) is 1. The number of carboxylic acid groups (broad SMARTS) is 1. The first kappa shape index (κ1) is 13.7. The van der Waals surface area contributed by atoms with Gasteiger partial charge in [0.05, 0.1) is 6.42 Å². The molecule has 0 aromatic carbocycles. The highest BCUT2D eigenvalue weighted by atomic mass is 16.4. The molecule has 6 nitrogen and oxygen atoms in total. The molecule has 3 aliphatic rings. The Morgan fingerprint density at radius 2 is 1.85 bits per heavy atom. The predicted molar refractivity (Wildman–Crippen MR) is 73.5 cm³/mol. The number of rotatable bonds is 2. The van der Waals surface area contributed by atoms with Gasteiger partial charge in [-0.2, -0.15) is 0 Å². The molecule has 3 rings (SSSR count). The second-order valence-corrected chi connectivity index (χ2v) is 6.15. The Hall–Kier alpha value is -1.30. The Morgan fingerprint density at radius 3 is 2.65 bits per heavy atom. The highest BCUT2D eigenvalue weighted by Gasteiger charge is 2.37. The molecule has 2 unspecified atom stereocenters. The van der Waals surface area contributed by atoms with E-state index in [1.165, 1.54) is 12.8 Å². The van der Waals surface area contributed by atoms with E-state index >= 15 is 0 Å². The molecule has 6 heteroatoms. The van der Waals surface area contributed by atoms with Crippen LogP contribution in [0.2, 0.25) is 0 Å². The van der Waals surface area contributed by atoms with Crippen LogP contribution < -0.4 is 0 Å². The van der Waals surface area contributed by atoms with Crippen molar-refractivity contribution in [1.29, 1.82) is 0 Å². The summed E-state index contributed by atoms with van der Waals surface area (Å²) in [6.07, 6.45) is 4.24. The molecule has 0 aromatic rings. The summed E-state index contributed by atoms with van der Waals surface area (Å²) in [4.78, 5) is 29.7. The maximum absolute atomic E-state index is 12.6. The van der Waals surface area contributed by atoms with Crippen molar-refractivity contribution in [2.45, 2.75) is 44.2 Å². The highest BCUT2D eigenvalue weighted by molar-refractivity contribution is 5.76. The van der Waals surface area contributed by atoms with Crippen molar-refractivity contribution in [3.63, 3.8) is 0 Å². The van der Waals surface area contributed by atoms with Gasteiger partial charge in [0.25, 0.3) is 0 Å². The molecule has 0 radical (unpaired) electrons. The summed E-state index contributed by atoms with van der Waals surface area (Å²) in [5.41, 5.74) is 0. The molecule has 0 saturated carbocycles. The smallest absolute Gasteiger partial charge is 0.320 e.